The molecule has 1 rings (SSSR count). The van der Waals surface area contributed by atoms with E-state index in [0.29, 0.717) is 0 Å². The first kappa shape index (κ1) is 12.7. The molecule has 0 amide bonds. The van der Waals surface area contributed by atoms with Crippen LogP contribution in [0.25, 0.3) is 0 Å². The van der Waals surface area contributed by atoms with Crippen molar-refractivity contribution in [1.29, 1.82) is 0 Å². The minimum absolute atomic E-state index is 0.205. The van der Waals surface area contributed by atoms with Crippen LogP contribution in [0.15, 0.2) is 24.3 Å². The van der Waals surface area contributed by atoms with Crippen molar-refractivity contribution in [3.8, 4) is 5.75 Å². The lowest BCUT2D eigenvalue weighted by Gasteiger charge is -2.16. The maximum atomic E-state index is 10.6. The molecule has 0 saturated heterocycles. The molecule has 0 aromatic heterocycles. The SMILES string of the molecule is COc1ccccc1NC(S)COC(C)=O. The van der Waals surface area contributed by atoms with Crippen LogP contribution >= 0.6 is 12.6 Å². The lowest BCUT2D eigenvalue weighted by Crippen LogP contribution is -2.21. The Labute approximate surface area is 100 Å². The third kappa shape index (κ3) is 4.02. The fourth-order valence-electron chi connectivity index (χ4n) is 1.18. The number of carbonyl (C=O) groups excluding carboxylic acids is 1. The van der Waals surface area contributed by atoms with Crippen LogP contribution < -0.4 is 10.1 Å². The fraction of sp³-hybridized carbons (Fsp3) is 0.364. The molecular formula is C11H15NO3S. The Kier molecular flexibility index (Phi) is 4.98. The van der Waals surface area contributed by atoms with Gasteiger partial charge in [-0.15, -0.1) is 0 Å². The Bertz CT molecular complexity index is 357. The first-order valence-corrected chi connectivity index (χ1v) is 5.36. The van der Waals surface area contributed by atoms with Gasteiger partial charge in [-0.1, -0.05) is 12.1 Å². The van der Waals surface area contributed by atoms with Crippen LogP contribution in [0.5, 0.6) is 5.75 Å². The number of hydrogen-bond donors (Lipinski definition) is 2. The molecule has 4 nitrogen and oxygen atoms in total. The van der Waals surface area contributed by atoms with Crippen LogP contribution in [0.4, 0.5) is 5.69 Å². The van der Waals surface area contributed by atoms with E-state index in [2.05, 4.69) is 17.9 Å². The van der Waals surface area contributed by atoms with Gasteiger partial charge in [-0.25, -0.2) is 0 Å². The van der Waals surface area contributed by atoms with Gasteiger partial charge in [-0.2, -0.15) is 12.6 Å². The highest BCUT2D eigenvalue weighted by Crippen LogP contribution is 2.24. The van der Waals surface area contributed by atoms with E-state index in [1.165, 1.54) is 6.92 Å². The number of rotatable bonds is 5. The molecule has 0 bridgehead atoms. The lowest BCUT2D eigenvalue weighted by atomic mass is 10.3. The molecule has 1 aromatic rings. The number of anilines is 1. The third-order valence-electron chi connectivity index (χ3n) is 1.87. The Hall–Kier alpha value is -1.36. The molecule has 1 N–H and O–H groups in total. The van der Waals surface area contributed by atoms with Gasteiger partial charge in [0.2, 0.25) is 0 Å². The monoisotopic (exact) mass is 241 g/mol. The second-order valence-electron chi connectivity index (χ2n) is 3.16. The van der Waals surface area contributed by atoms with Crippen molar-refractivity contribution in [2.75, 3.05) is 19.0 Å². The minimum Gasteiger partial charge on any atom is -0.495 e. The Morgan fingerprint density at radius 1 is 1.50 bits per heavy atom. The summed E-state index contributed by atoms with van der Waals surface area (Å²) >= 11 is 4.26. The van der Waals surface area contributed by atoms with Crippen LogP contribution in [0.3, 0.4) is 0 Å². The van der Waals surface area contributed by atoms with Gasteiger partial charge >= 0.3 is 5.97 Å². The normalized spacial score (nSPS) is 11.7. The van der Waals surface area contributed by atoms with Crippen molar-refractivity contribution >= 4 is 24.3 Å². The fourth-order valence-corrected chi connectivity index (χ4v) is 1.39. The van der Waals surface area contributed by atoms with Gasteiger partial charge in [0, 0.05) is 6.92 Å². The zero-order valence-corrected chi connectivity index (χ0v) is 10.2. The third-order valence-corrected chi connectivity index (χ3v) is 2.15. The van der Waals surface area contributed by atoms with E-state index in [1.54, 1.807) is 7.11 Å². The van der Waals surface area contributed by atoms with Gasteiger partial charge in [-0.05, 0) is 12.1 Å². The maximum absolute atomic E-state index is 10.6. The molecule has 0 aliphatic heterocycles. The summed E-state index contributed by atoms with van der Waals surface area (Å²) in [5.41, 5.74) is 0.817. The highest BCUT2D eigenvalue weighted by Gasteiger charge is 2.07. The van der Waals surface area contributed by atoms with Crippen molar-refractivity contribution < 1.29 is 14.3 Å². The summed E-state index contributed by atoms with van der Waals surface area (Å²) in [5.74, 6) is 0.408. The molecule has 0 saturated carbocycles. The van der Waals surface area contributed by atoms with Crippen LogP contribution in [-0.4, -0.2) is 25.1 Å². The van der Waals surface area contributed by atoms with Crippen molar-refractivity contribution in [1.82, 2.24) is 0 Å². The van der Waals surface area contributed by atoms with Gasteiger partial charge in [0.05, 0.1) is 12.8 Å². The van der Waals surface area contributed by atoms with Crippen molar-refractivity contribution in [3.05, 3.63) is 24.3 Å². The standard InChI is InChI=1S/C11H15NO3S/c1-8(13)15-7-11(16)12-9-5-3-4-6-10(9)14-2/h3-6,11-12,16H,7H2,1-2H3. The van der Waals surface area contributed by atoms with Gasteiger partial charge < -0.3 is 14.8 Å². The van der Waals surface area contributed by atoms with Crippen LogP contribution in [-0.2, 0) is 9.53 Å². The van der Waals surface area contributed by atoms with Crippen molar-refractivity contribution in [3.63, 3.8) is 0 Å². The van der Waals surface area contributed by atoms with E-state index in [0.717, 1.165) is 11.4 Å². The van der Waals surface area contributed by atoms with Gasteiger partial charge in [0.1, 0.15) is 17.7 Å². The second-order valence-corrected chi connectivity index (χ2v) is 3.79. The predicted octanol–water partition coefficient (Wildman–Crippen LogP) is 1.93. The largest absolute Gasteiger partial charge is 0.495 e. The zero-order chi connectivity index (χ0) is 12.0. The summed E-state index contributed by atoms with van der Waals surface area (Å²) in [4.78, 5) is 10.6. The number of carbonyl (C=O) groups is 1. The van der Waals surface area contributed by atoms with Crippen molar-refractivity contribution in [2.24, 2.45) is 0 Å². The summed E-state index contributed by atoms with van der Waals surface area (Å²) < 4.78 is 10.00. The summed E-state index contributed by atoms with van der Waals surface area (Å²) in [6.45, 7) is 1.57. The van der Waals surface area contributed by atoms with E-state index in [1.807, 2.05) is 24.3 Å². The highest BCUT2D eigenvalue weighted by molar-refractivity contribution is 7.81. The lowest BCUT2D eigenvalue weighted by molar-refractivity contribution is -0.140. The molecule has 88 valence electrons. The van der Waals surface area contributed by atoms with Gasteiger partial charge in [-0.3, -0.25) is 4.79 Å². The van der Waals surface area contributed by atoms with E-state index >= 15 is 0 Å². The zero-order valence-electron chi connectivity index (χ0n) is 9.27. The van der Waals surface area contributed by atoms with E-state index < -0.39 is 0 Å². The van der Waals surface area contributed by atoms with E-state index in [9.17, 15) is 4.79 Å². The number of hydrogen-bond acceptors (Lipinski definition) is 5. The number of nitrogens with one attached hydrogen (secondary N) is 1. The maximum Gasteiger partial charge on any atom is 0.302 e. The summed E-state index contributed by atoms with van der Waals surface area (Å²) in [6.07, 6.45) is 0. The average Bonchev–Trinajstić information content (AvgIpc) is 2.27. The Morgan fingerprint density at radius 3 is 2.81 bits per heavy atom. The Morgan fingerprint density at radius 2 is 2.19 bits per heavy atom. The summed E-state index contributed by atoms with van der Waals surface area (Å²) in [7, 11) is 1.60. The molecular weight excluding hydrogens is 226 g/mol. The smallest absolute Gasteiger partial charge is 0.302 e. The number of para-hydroxylation sites is 2. The molecule has 1 atom stereocenters. The molecule has 0 fully saturated rings. The first-order valence-electron chi connectivity index (χ1n) is 4.84. The number of thiol groups is 1. The van der Waals surface area contributed by atoms with Gasteiger partial charge in [0.25, 0.3) is 0 Å². The molecule has 1 aromatic carbocycles. The van der Waals surface area contributed by atoms with Crippen molar-refractivity contribution in [2.45, 2.75) is 12.3 Å². The van der Waals surface area contributed by atoms with Crippen LogP contribution in [0.1, 0.15) is 6.92 Å². The van der Waals surface area contributed by atoms with Crippen LogP contribution in [0.2, 0.25) is 0 Å². The minimum atomic E-state index is -0.319. The van der Waals surface area contributed by atoms with Gasteiger partial charge in [0.15, 0.2) is 0 Å². The first-order chi connectivity index (χ1) is 7.63. The molecule has 5 heteroatoms. The number of benzene rings is 1. The number of esters is 1. The average molecular weight is 241 g/mol. The summed E-state index contributed by atoms with van der Waals surface area (Å²) in [6, 6.07) is 7.48. The number of methoxy groups -OCH3 is 1. The molecule has 0 spiro atoms. The quantitative estimate of drug-likeness (QED) is 0.470. The van der Waals surface area contributed by atoms with E-state index in [4.69, 9.17) is 9.47 Å². The topological polar surface area (TPSA) is 47.6 Å². The second kappa shape index (κ2) is 6.27. The molecule has 0 radical (unpaired) electrons. The van der Waals surface area contributed by atoms with Crippen LogP contribution in [0, 0.1) is 0 Å². The summed E-state index contributed by atoms with van der Waals surface area (Å²) in [5, 5.41) is 2.82. The predicted molar refractivity (Wildman–Crippen MR) is 66.0 cm³/mol. The molecule has 0 heterocycles. The molecule has 1 unspecified atom stereocenters. The highest BCUT2D eigenvalue weighted by atomic mass is 32.1. The molecule has 16 heavy (non-hydrogen) atoms. The molecule has 0 aliphatic rings. The Balaban J connectivity index is 2.55. The molecule has 0 aliphatic carbocycles. The number of ether oxygens (including phenoxy) is 2. The van der Waals surface area contributed by atoms with E-state index in [-0.39, 0.29) is 18.0 Å².